The van der Waals surface area contributed by atoms with Gasteiger partial charge in [0, 0.05) is 16.5 Å². The molecule has 1 heterocycles. The summed E-state index contributed by atoms with van der Waals surface area (Å²) in [5.41, 5.74) is 14.1. The second-order valence-corrected chi connectivity index (χ2v) is 12.6. The largest absolute Gasteiger partial charge is 0.150 e. The molecule has 0 saturated heterocycles. The number of rotatable bonds is 2. The average Bonchev–Trinajstić information content (AvgIpc) is 3.38. The van der Waals surface area contributed by atoms with E-state index in [4.69, 9.17) is 10.2 Å². The van der Waals surface area contributed by atoms with Crippen LogP contribution in [0.3, 0.4) is 0 Å². The first-order valence-corrected chi connectivity index (χ1v) is 15.3. The third-order valence-corrected chi connectivity index (χ3v) is 10.1. The van der Waals surface area contributed by atoms with Crippen molar-refractivity contribution in [1.29, 1.82) is 0 Å². The fourth-order valence-electron chi connectivity index (χ4n) is 8.10. The fourth-order valence-corrected chi connectivity index (χ4v) is 8.10. The maximum atomic E-state index is 4.80. The Balaban J connectivity index is 1.27. The third-order valence-electron chi connectivity index (χ3n) is 10.1. The topological polar surface area (TPSA) is 25.8 Å². The SMILES string of the molecule is CC1(C)c2ccccc2C2(c3ccccc3-c3ccc(-c4ccc(-c5cccc6ccccc56)nn4)cc32)c2ccccc21. The van der Waals surface area contributed by atoms with Gasteiger partial charge in [0.15, 0.2) is 0 Å². The van der Waals surface area contributed by atoms with Crippen molar-refractivity contribution in [2.24, 2.45) is 0 Å². The predicted octanol–water partition coefficient (Wildman–Crippen LogP) is 9.97. The molecule has 0 N–H and O–H groups in total. The van der Waals surface area contributed by atoms with Gasteiger partial charge in [-0.2, -0.15) is 0 Å². The Morgan fingerprint density at radius 2 is 0.955 bits per heavy atom. The van der Waals surface area contributed by atoms with Crippen molar-refractivity contribution in [2.45, 2.75) is 24.7 Å². The van der Waals surface area contributed by atoms with Crippen molar-refractivity contribution in [3.8, 4) is 33.6 Å². The van der Waals surface area contributed by atoms with Gasteiger partial charge in [0.2, 0.25) is 0 Å². The molecule has 2 nitrogen and oxygen atoms in total. The van der Waals surface area contributed by atoms with Gasteiger partial charge in [-0.1, -0.05) is 141 Å². The summed E-state index contributed by atoms with van der Waals surface area (Å²) in [5.74, 6) is 0. The highest BCUT2D eigenvalue weighted by molar-refractivity contribution is 5.96. The van der Waals surface area contributed by atoms with Gasteiger partial charge >= 0.3 is 0 Å². The monoisotopic (exact) mass is 562 g/mol. The Bertz CT molecular complexity index is 2200. The smallest absolute Gasteiger partial charge is 0.0936 e. The normalized spacial score (nSPS) is 15.0. The molecule has 2 aliphatic carbocycles. The molecular weight excluding hydrogens is 532 g/mol. The van der Waals surface area contributed by atoms with Gasteiger partial charge in [0.1, 0.15) is 0 Å². The first kappa shape index (κ1) is 25.2. The van der Waals surface area contributed by atoms with Crippen LogP contribution in [0.25, 0.3) is 44.4 Å². The van der Waals surface area contributed by atoms with E-state index in [1.165, 1.54) is 55.3 Å². The summed E-state index contributed by atoms with van der Waals surface area (Å²) in [6.07, 6.45) is 0. The summed E-state index contributed by atoms with van der Waals surface area (Å²) in [7, 11) is 0. The van der Waals surface area contributed by atoms with E-state index in [-0.39, 0.29) is 5.41 Å². The average molecular weight is 563 g/mol. The first-order chi connectivity index (χ1) is 21.6. The van der Waals surface area contributed by atoms with Crippen LogP contribution in [0, 0.1) is 0 Å². The molecule has 0 unspecified atom stereocenters. The van der Waals surface area contributed by atoms with Gasteiger partial charge in [-0.25, -0.2) is 0 Å². The van der Waals surface area contributed by atoms with Crippen LogP contribution in [-0.2, 0) is 10.8 Å². The predicted molar refractivity (Wildman–Crippen MR) is 180 cm³/mol. The van der Waals surface area contributed by atoms with Crippen molar-refractivity contribution in [2.75, 3.05) is 0 Å². The highest BCUT2D eigenvalue weighted by atomic mass is 15.1. The maximum absolute atomic E-state index is 4.80. The quantitative estimate of drug-likeness (QED) is 0.210. The number of benzene rings is 6. The van der Waals surface area contributed by atoms with E-state index in [2.05, 4.69) is 159 Å². The highest BCUT2D eigenvalue weighted by Crippen LogP contribution is 2.62. The van der Waals surface area contributed by atoms with Crippen LogP contribution in [0.15, 0.2) is 146 Å². The van der Waals surface area contributed by atoms with E-state index >= 15 is 0 Å². The highest BCUT2D eigenvalue weighted by Gasteiger charge is 2.53. The minimum Gasteiger partial charge on any atom is -0.150 e. The van der Waals surface area contributed by atoms with Crippen molar-refractivity contribution in [3.63, 3.8) is 0 Å². The number of aromatic nitrogens is 2. The first-order valence-electron chi connectivity index (χ1n) is 15.3. The molecule has 1 spiro atoms. The molecule has 2 aliphatic rings. The molecule has 0 aliphatic heterocycles. The number of hydrogen-bond donors (Lipinski definition) is 0. The molecule has 7 aromatic rings. The molecule has 9 rings (SSSR count). The molecule has 0 fully saturated rings. The Hall–Kier alpha value is -5.34. The number of hydrogen-bond acceptors (Lipinski definition) is 2. The third kappa shape index (κ3) is 3.26. The summed E-state index contributed by atoms with van der Waals surface area (Å²) in [6.45, 7) is 4.73. The summed E-state index contributed by atoms with van der Waals surface area (Å²) in [4.78, 5) is 0. The Morgan fingerprint density at radius 1 is 0.409 bits per heavy atom. The molecule has 0 radical (unpaired) electrons. The Kier molecular flexibility index (Phi) is 5.20. The van der Waals surface area contributed by atoms with Crippen LogP contribution in [-0.4, -0.2) is 10.2 Å². The van der Waals surface area contributed by atoms with Gasteiger partial charge < -0.3 is 0 Å². The second kappa shape index (κ2) is 9.08. The molecule has 208 valence electrons. The molecule has 0 saturated carbocycles. The van der Waals surface area contributed by atoms with E-state index in [1.807, 2.05) is 0 Å². The minimum absolute atomic E-state index is 0.114. The van der Waals surface area contributed by atoms with E-state index in [0.717, 1.165) is 22.5 Å². The van der Waals surface area contributed by atoms with Crippen molar-refractivity contribution >= 4 is 10.8 Å². The van der Waals surface area contributed by atoms with Crippen LogP contribution in [0.5, 0.6) is 0 Å². The van der Waals surface area contributed by atoms with Crippen LogP contribution in [0.1, 0.15) is 47.2 Å². The van der Waals surface area contributed by atoms with Crippen LogP contribution in [0.2, 0.25) is 0 Å². The van der Waals surface area contributed by atoms with Crippen LogP contribution in [0.4, 0.5) is 0 Å². The van der Waals surface area contributed by atoms with Gasteiger partial charge in [-0.15, -0.1) is 10.2 Å². The van der Waals surface area contributed by atoms with Crippen LogP contribution < -0.4 is 0 Å². The zero-order valence-corrected chi connectivity index (χ0v) is 24.8. The number of fused-ring (bicyclic) bond motifs is 10. The van der Waals surface area contributed by atoms with Crippen molar-refractivity contribution in [3.05, 3.63) is 179 Å². The standard InChI is InChI=1S/C42H30N2/c1-41(2)34-18-7-9-20-36(34)42(37-21-10-8-19-35(37)41)33-17-6-5-15-30(33)31-23-22-28(26-38(31)42)39-24-25-40(44-43-39)32-16-11-13-27-12-3-4-14-29(27)32/h3-26H,1-2H3. The molecule has 0 amide bonds. The summed E-state index contributed by atoms with van der Waals surface area (Å²) in [6, 6.07) is 53.0. The number of nitrogens with zero attached hydrogens (tertiary/aromatic N) is 2. The lowest BCUT2D eigenvalue weighted by Gasteiger charge is -2.46. The van der Waals surface area contributed by atoms with E-state index in [0.29, 0.717) is 0 Å². The molecule has 44 heavy (non-hydrogen) atoms. The van der Waals surface area contributed by atoms with E-state index < -0.39 is 5.41 Å². The van der Waals surface area contributed by atoms with Gasteiger partial charge in [-0.3, -0.25) is 0 Å². The minimum atomic E-state index is -0.416. The van der Waals surface area contributed by atoms with Crippen molar-refractivity contribution in [1.82, 2.24) is 10.2 Å². The molecule has 6 aromatic carbocycles. The molecule has 2 heteroatoms. The Morgan fingerprint density at radius 3 is 1.68 bits per heavy atom. The maximum Gasteiger partial charge on any atom is 0.0936 e. The van der Waals surface area contributed by atoms with E-state index in [9.17, 15) is 0 Å². The molecular formula is C42H30N2. The van der Waals surface area contributed by atoms with Gasteiger partial charge in [-0.05, 0) is 73.5 Å². The lowest BCUT2D eigenvalue weighted by atomic mass is 9.55. The van der Waals surface area contributed by atoms with Gasteiger partial charge in [0.25, 0.3) is 0 Å². The Labute approximate surface area is 257 Å². The lowest BCUT2D eigenvalue weighted by molar-refractivity contribution is 0.563. The molecule has 1 aromatic heterocycles. The summed E-state index contributed by atoms with van der Waals surface area (Å²) in [5, 5.41) is 11.9. The fraction of sp³-hybridized carbons (Fsp3) is 0.0952. The lowest BCUT2D eigenvalue weighted by Crippen LogP contribution is -2.40. The zero-order chi connectivity index (χ0) is 29.5. The van der Waals surface area contributed by atoms with Gasteiger partial charge in [0.05, 0.1) is 16.8 Å². The zero-order valence-electron chi connectivity index (χ0n) is 24.8. The second-order valence-electron chi connectivity index (χ2n) is 12.6. The summed E-state index contributed by atoms with van der Waals surface area (Å²) < 4.78 is 0. The van der Waals surface area contributed by atoms with Crippen molar-refractivity contribution < 1.29 is 0 Å². The van der Waals surface area contributed by atoms with E-state index in [1.54, 1.807) is 0 Å². The van der Waals surface area contributed by atoms with Crippen LogP contribution >= 0.6 is 0 Å². The summed E-state index contributed by atoms with van der Waals surface area (Å²) >= 11 is 0. The molecule has 0 atom stereocenters. The molecule has 0 bridgehead atoms.